The number of ether oxygens (including phenoxy) is 2. The first-order chi connectivity index (χ1) is 10.3. The van der Waals surface area contributed by atoms with Crippen LogP contribution in [0, 0.1) is 0 Å². The van der Waals surface area contributed by atoms with E-state index in [4.69, 9.17) is 9.47 Å². The predicted molar refractivity (Wildman–Crippen MR) is 83.8 cm³/mol. The maximum atomic E-state index is 9.83. The van der Waals surface area contributed by atoms with E-state index in [1.807, 2.05) is 36.4 Å². The van der Waals surface area contributed by atoms with Gasteiger partial charge >= 0.3 is 0 Å². The molecule has 0 heterocycles. The van der Waals surface area contributed by atoms with Crippen LogP contribution >= 0.6 is 0 Å². The molecule has 3 heteroatoms. The van der Waals surface area contributed by atoms with Gasteiger partial charge in [-0.2, -0.15) is 0 Å². The zero-order valence-electron chi connectivity index (χ0n) is 12.6. The average molecular weight is 290 g/mol. The molecule has 3 nitrogen and oxygen atoms in total. The van der Waals surface area contributed by atoms with Crippen LogP contribution in [0.25, 0.3) is 0 Å². The van der Waals surface area contributed by atoms with Gasteiger partial charge in [-0.1, -0.05) is 36.8 Å². The average Bonchev–Trinajstić information content (AvgIpc) is 2.54. The number of benzene rings is 1. The Morgan fingerprint density at radius 2 is 1.90 bits per heavy atom. The highest BCUT2D eigenvalue weighted by Gasteiger charge is 2.12. The number of aliphatic hydroxyl groups is 1. The van der Waals surface area contributed by atoms with Crippen LogP contribution in [0.1, 0.15) is 44.1 Å². The Morgan fingerprint density at radius 3 is 2.67 bits per heavy atom. The van der Waals surface area contributed by atoms with Gasteiger partial charge in [-0.05, 0) is 43.7 Å². The summed E-state index contributed by atoms with van der Waals surface area (Å²) in [6, 6.07) is 9.99. The summed E-state index contributed by atoms with van der Waals surface area (Å²) in [5.74, 6) is 0. The van der Waals surface area contributed by atoms with E-state index < -0.39 is 6.10 Å². The fraction of sp³-hybridized carbons (Fsp3) is 0.556. The second-order valence-corrected chi connectivity index (χ2v) is 5.66. The lowest BCUT2D eigenvalue weighted by Crippen LogP contribution is -2.15. The maximum Gasteiger partial charge on any atom is 0.0978 e. The molecule has 1 unspecified atom stereocenters. The van der Waals surface area contributed by atoms with E-state index in [0.29, 0.717) is 25.7 Å². The summed E-state index contributed by atoms with van der Waals surface area (Å²) >= 11 is 0. The Kier molecular flexibility index (Phi) is 7.33. The van der Waals surface area contributed by atoms with Gasteiger partial charge in [-0.3, -0.25) is 0 Å². The summed E-state index contributed by atoms with van der Waals surface area (Å²) in [5, 5.41) is 9.83. The van der Waals surface area contributed by atoms with Crippen LogP contribution in [0.5, 0.6) is 0 Å². The minimum Gasteiger partial charge on any atom is -0.498 e. The standard InChI is InChI=1S/C18H26O3/c19-17(15-20-14-16-8-3-1-4-9-16)10-7-13-21-18-11-5-2-6-12-18/h1,3-4,7-9,13,17-19H,2,5-6,10-12,14-15H2/b13-7+. The summed E-state index contributed by atoms with van der Waals surface area (Å²) < 4.78 is 11.2. The fourth-order valence-electron chi connectivity index (χ4n) is 2.54. The molecular weight excluding hydrogens is 264 g/mol. The summed E-state index contributed by atoms with van der Waals surface area (Å²) in [6.07, 6.45) is 10.3. The second kappa shape index (κ2) is 9.59. The van der Waals surface area contributed by atoms with Crippen LogP contribution in [-0.4, -0.2) is 23.9 Å². The molecule has 0 amide bonds. The van der Waals surface area contributed by atoms with Crippen molar-refractivity contribution in [1.29, 1.82) is 0 Å². The lowest BCUT2D eigenvalue weighted by Gasteiger charge is -2.20. The van der Waals surface area contributed by atoms with Crippen molar-refractivity contribution >= 4 is 0 Å². The fourth-order valence-corrected chi connectivity index (χ4v) is 2.54. The van der Waals surface area contributed by atoms with E-state index in [1.165, 1.54) is 19.3 Å². The predicted octanol–water partition coefficient (Wildman–Crippen LogP) is 3.82. The SMILES string of the molecule is OC(C/C=C/OC1CCCCC1)COCc1ccccc1. The van der Waals surface area contributed by atoms with Gasteiger partial charge in [-0.15, -0.1) is 0 Å². The number of hydrogen-bond acceptors (Lipinski definition) is 3. The molecule has 2 rings (SSSR count). The van der Waals surface area contributed by atoms with E-state index >= 15 is 0 Å². The maximum absolute atomic E-state index is 9.83. The highest BCUT2D eigenvalue weighted by Crippen LogP contribution is 2.20. The normalized spacial score (nSPS) is 18.0. The molecule has 1 fully saturated rings. The Hall–Kier alpha value is -1.32. The zero-order chi connectivity index (χ0) is 14.8. The molecule has 1 N–H and O–H groups in total. The van der Waals surface area contributed by atoms with Crippen molar-refractivity contribution in [2.75, 3.05) is 6.61 Å². The molecular formula is C18H26O3. The Labute approximate surface area is 127 Å². The monoisotopic (exact) mass is 290 g/mol. The Morgan fingerprint density at radius 1 is 1.14 bits per heavy atom. The van der Waals surface area contributed by atoms with E-state index in [-0.39, 0.29) is 0 Å². The minimum absolute atomic E-state index is 0.350. The van der Waals surface area contributed by atoms with E-state index in [1.54, 1.807) is 6.26 Å². The lowest BCUT2D eigenvalue weighted by atomic mass is 9.98. The zero-order valence-corrected chi connectivity index (χ0v) is 12.6. The largest absolute Gasteiger partial charge is 0.498 e. The third-order valence-electron chi connectivity index (χ3n) is 3.75. The summed E-state index contributed by atoms with van der Waals surface area (Å²) in [6.45, 7) is 0.892. The molecule has 21 heavy (non-hydrogen) atoms. The molecule has 1 aliphatic rings. The molecule has 1 aromatic rings. The molecule has 0 radical (unpaired) electrons. The molecule has 1 aromatic carbocycles. The highest BCUT2D eigenvalue weighted by molar-refractivity contribution is 5.13. The molecule has 0 spiro atoms. The minimum atomic E-state index is -0.472. The smallest absolute Gasteiger partial charge is 0.0978 e. The number of rotatable bonds is 8. The molecule has 1 aliphatic carbocycles. The van der Waals surface area contributed by atoms with E-state index in [2.05, 4.69) is 0 Å². The highest BCUT2D eigenvalue weighted by atomic mass is 16.5. The van der Waals surface area contributed by atoms with Gasteiger partial charge in [0.05, 0.1) is 31.7 Å². The van der Waals surface area contributed by atoms with Gasteiger partial charge in [0, 0.05) is 0 Å². The summed E-state index contributed by atoms with van der Waals surface area (Å²) in [7, 11) is 0. The first-order valence-corrected chi connectivity index (χ1v) is 7.95. The van der Waals surface area contributed by atoms with Crippen molar-refractivity contribution in [2.24, 2.45) is 0 Å². The van der Waals surface area contributed by atoms with Crippen molar-refractivity contribution in [1.82, 2.24) is 0 Å². The quantitative estimate of drug-likeness (QED) is 0.740. The van der Waals surface area contributed by atoms with Crippen molar-refractivity contribution in [3.05, 3.63) is 48.2 Å². The lowest BCUT2D eigenvalue weighted by molar-refractivity contribution is 0.0294. The third-order valence-corrected chi connectivity index (χ3v) is 3.75. The Balaban J connectivity index is 1.53. The van der Waals surface area contributed by atoms with Crippen LogP contribution in [0.3, 0.4) is 0 Å². The molecule has 0 aromatic heterocycles. The first kappa shape index (κ1) is 16.1. The third kappa shape index (κ3) is 6.78. The molecule has 116 valence electrons. The van der Waals surface area contributed by atoms with Gasteiger partial charge in [0.1, 0.15) is 0 Å². The number of aliphatic hydroxyl groups excluding tert-OH is 1. The van der Waals surface area contributed by atoms with Crippen LogP contribution in [0.4, 0.5) is 0 Å². The van der Waals surface area contributed by atoms with Crippen LogP contribution < -0.4 is 0 Å². The van der Waals surface area contributed by atoms with Crippen LogP contribution in [-0.2, 0) is 16.1 Å². The van der Waals surface area contributed by atoms with Gasteiger partial charge in [0.25, 0.3) is 0 Å². The first-order valence-electron chi connectivity index (χ1n) is 7.95. The summed E-state index contributed by atoms with van der Waals surface area (Å²) in [5.41, 5.74) is 1.13. The van der Waals surface area contributed by atoms with Gasteiger partial charge in [0.2, 0.25) is 0 Å². The van der Waals surface area contributed by atoms with Gasteiger partial charge in [-0.25, -0.2) is 0 Å². The topological polar surface area (TPSA) is 38.7 Å². The van der Waals surface area contributed by atoms with Crippen molar-refractivity contribution in [3.8, 4) is 0 Å². The van der Waals surface area contributed by atoms with Gasteiger partial charge in [0.15, 0.2) is 0 Å². The van der Waals surface area contributed by atoms with Crippen molar-refractivity contribution < 1.29 is 14.6 Å². The molecule has 0 aliphatic heterocycles. The van der Waals surface area contributed by atoms with Crippen LogP contribution in [0.15, 0.2) is 42.7 Å². The molecule has 0 saturated heterocycles. The van der Waals surface area contributed by atoms with Crippen molar-refractivity contribution in [2.45, 2.75) is 57.3 Å². The van der Waals surface area contributed by atoms with Crippen LogP contribution in [0.2, 0.25) is 0 Å². The molecule has 0 bridgehead atoms. The summed E-state index contributed by atoms with van der Waals surface area (Å²) in [4.78, 5) is 0. The second-order valence-electron chi connectivity index (χ2n) is 5.66. The van der Waals surface area contributed by atoms with E-state index in [9.17, 15) is 5.11 Å². The molecule has 1 atom stereocenters. The van der Waals surface area contributed by atoms with Gasteiger partial charge < -0.3 is 14.6 Å². The van der Waals surface area contributed by atoms with E-state index in [0.717, 1.165) is 18.4 Å². The molecule has 1 saturated carbocycles. The number of hydrogen-bond donors (Lipinski definition) is 1. The Bertz CT molecular complexity index is 396. The van der Waals surface area contributed by atoms with Crippen molar-refractivity contribution in [3.63, 3.8) is 0 Å².